The minimum atomic E-state index is -3.28. The molecule has 1 N–H and O–H groups in total. The Morgan fingerprint density at radius 3 is 2.79 bits per heavy atom. The zero-order valence-corrected chi connectivity index (χ0v) is 16.7. The summed E-state index contributed by atoms with van der Waals surface area (Å²) in [5, 5.41) is 6.69. The van der Waals surface area contributed by atoms with Crippen molar-refractivity contribution in [2.24, 2.45) is 5.92 Å². The van der Waals surface area contributed by atoms with Crippen LogP contribution in [0.4, 0.5) is 0 Å². The van der Waals surface area contributed by atoms with Gasteiger partial charge in [-0.15, -0.1) is 0 Å². The molecule has 0 saturated carbocycles. The van der Waals surface area contributed by atoms with Crippen molar-refractivity contribution in [1.29, 1.82) is 0 Å². The molecule has 1 saturated heterocycles. The number of piperidine rings is 1. The number of nitrogens with zero attached hydrogens (tertiary/aromatic N) is 3. The number of nitrogens with one attached hydrogen (secondary N) is 1. The first-order valence-electron chi connectivity index (χ1n) is 9.15. The van der Waals surface area contributed by atoms with Gasteiger partial charge in [-0.3, -0.25) is 4.79 Å². The molecule has 1 aromatic carbocycles. The lowest BCUT2D eigenvalue weighted by Crippen LogP contribution is -2.45. The average molecular weight is 408 g/mol. The van der Waals surface area contributed by atoms with Crippen molar-refractivity contribution < 1.29 is 22.5 Å². The highest BCUT2D eigenvalue weighted by Crippen LogP contribution is 2.21. The molecule has 1 atom stereocenters. The highest BCUT2D eigenvalue weighted by Gasteiger charge is 2.31. The maximum absolute atomic E-state index is 12.4. The number of amides is 1. The zero-order chi connectivity index (χ0) is 20.1. The monoisotopic (exact) mass is 408 g/mol. The van der Waals surface area contributed by atoms with Gasteiger partial charge in [0.05, 0.1) is 25.3 Å². The molecule has 1 aromatic heterocycles. The van der Waals surface area contributed by atoms with Crippen LogP contribution in [-0.4, -0.2) is 54.7 Å². The van der Waals surface area contributed by atoms with Crippen LogP contribution >= 0.6 is 0 Å². The van der Waals surface area contributed by atoms with Crippen molar-refractivity contribution in [2.75, 3.05) is 26.0 Å². The van der Waals surface area contributed by atoms with E-state index in [1.807, 2.05) is 12.1 Å². The first-order chi connectivity index (χ1) is 13.4. The highest BCUT2D eigenvalue weighted by molar-refractivity contribution is 7.89. The molecule has 9 nitrogen and oxygen atoms in total. The van der Waals surface area contributed by atoms with Gasteiger partial charge >= 0.3 is 0 Å². The van der Waals surface area contributed by atoms with Crippen LogP contribution in [0.25, 0.3) is 11.4 Å². The van der Waals surface area contributed by atoms with Gasteiger partial charge in [-0.05, 0) is 44.0 Å². The normalized spacial score (nSPS) is 18.0. The van der Waals surface area contributed by atoms with Crippen LogP contribution in [0.15, 0.2) is 28.8 Å². The molecule has 1 fully saturated rings. The maximum atomic E-state index is 12.4. The summed E-state index contributed by atoms with van der Waals surface area (Å²) < 4.78 is 35.8. The van der Waals surface area contributed by atoms with Gasteiger partial charge < -0.3 is 14.6 Å². The number of aromatic nitrogens is 2. The Balaban J connectivity index is 1.57. The predicted octanol–water partition coefficient (Wildman–Crippen LogP) is 1.42. The second-order valence-electron chi connectivity index (χ2n) is 6.56. The van der Waals surface area contributed by atoms with Gasteiger partial charge in [0.2, 0.25) is 27.6 Å². The summed E-state index contributed by atoms with van der Waals surface area (Å²) in [5.41, 5.74) is 0.773. The fraction of sp³-hybridized carbons (Fsp3) is 0.500. The first-order valence-corrected chi connectivity index (χ1v) is 10.8. The lowest BCUT2D eigenvalue weighted by Gasteiger charge is -2.30. The fourth-order valence-electron chi connectivity index (χ4n) is 3.08. The molecule has 2 heterocycles. The van der Waals surface area contributed by atoms with Crippen LogP contribution < -0.4 is 10.1 Å². The van der Waals surface area contributed by atoms with Crippen LogP contribution in [0.3, 0.4) is 0 Å². The number of carbonyl (C=O) groups excluding carboxylic acids is 1. The molecule has 1 aliphatic heterocycles. The molecule has 0 unspecified atom stereocenters. The summed E-state index contributed by atoms with van der Waals surface area (Å²) in [6.45, 7) is 2.38. The molecule has 0 aliphatic carbocycles. The second-order valence-corrected chi connectivity index (χ2v) is 8.81. The molecule has 0 spiro atoms. The predicted molar refractivity (Wildman–Crippen MR) is 102 cm³/mol. The van der Waals surface area contributed by atoms with Crippen molar-refractivity contribution >= 4 is 15.9 Å². The van der Waals surface area contributed by atoms with Crippen molar-refractivity contribution in [3.8, 4) is 17.1 Å². The zero-order valence-electron chi connectivity index (χ0n) is 15.9. The van der Waals surface area contributed by atoms with E-state index in [0.29, 0.717) is 25.2 Å². The van der Waals surface area contributed by atoms with Crippen LogP contribution in [-0.2, 0) is 21.4 Å². The number of methoxy groups -OCH3 is 1. The van der Waals surface area contributed by atoms with E-state index < -0.39 is 10.0 Å². The van der Waals surface area contributed by atoms with Gasteiger partial charge in [-0.25, -0.2) is 12.7 Å². The van der Waals surface area contributed by atoms with E-state index in [2.05, 4.69) is 15.5 Å². The largest absolute Gasteiger partial charge is 0.497 e. The molecule has 28 heavy (non-hydrogen) atoms. The molecule has 10 heteroatoms. The quantitative estimate of drug-likeness (QED) is 0.737. The Morgan fingerprint density at radius 1 is 1.36 bits per heavy atom. The summed E-state index contributed by atoms with van der Waals surface area (Å²) in [7, 11) is -1.69. The van der Waals surface area contributed by atoms with E-state index in [9.17, 15) is 13.2 Å². The van der Waals surface area contributed by atoms with Crippen LogP contribution in [0.1, 0.15) is 25.7 Å². The lowest BCUT2D eigenvalue weighted by atomic mass is 9.99. The molecule has 2 aromatic rings. The van der Waals surface area contributed by atoms with E-state index >= 15 is 0 Å². The Kier molecular flexibility index (Phi) is 6.30. The third-order valence-electron chi connectivity index (χ3n) is 4.74. The SMILES string of the molecule is CCS(=O)(=O)N1CCC[C@H](C(=O)NCc2nc(-c3ccc(OC)cc3)no2)C1. The van der Waals surface area contributed by atoms with Gasteiger partial charge in [0.25, 0.3) is 0 Å². The Hall–Kier alpha value is -2.46. The number of hydrogen-bond donors (Lipinski definition) is 1. The number of benzene rings is 1. The number of ether oxygens (including phenoxy) is 1. The topological polar surface area (TPSA) is 115 Å². The van der Waals surface area contributed by atoms with Gasteiger partial charge in [-0.2, -0.15) is 4.98 Å². The van der Waals surface area contributed by atoms with Crippen LogP contribution in [0.2, 0.25) is 0 Å². The van der Waals surface area contributed by atoms with Gasteiger partial charge in [-0.1, -0.05) is 5.16 Å². The number of carbonyl (C=O) groups is 1. The number of sulfonamides is 1. The molecular weight excluding hydrogens is 384 g/mol. The van der Waals surface area contributed by atoms with Gasteiger partial charge in [0.1, 0.15) is 5.75 Å². The highest BCUT2D eigenvalue weighted by atomic mass is 32.2. The third kappa shape index (κ3) is 4.68. The fourth-order valence-corrected chi connectivity index (χ4v) is 4.26. The van der Waals surface area contributed by atoms with Crippen molar-refractivity contribution in [3.05, 3.63) is 30.2 Å². The van der Waals surface area contributed by atoms with E-state index in [4.69, 9.17) is 9.26 Å². The van der Waals surface area contributed by atoms with Gasteiger partial charge in [0.15, 0.2) is 0 Å². The molecule has 152 valence electrons. The number of rotatable bonds is 7. The Labute approximate surface area is 164 Å². The van der Waals surface area contributed by atoms with Crippen LogP contribution in [0, 0.1) is 5.92 Å². The molecular formula is C18H24N4O5S. The summed E-state index contributed by atoms with van der Waals surface area (Å²) in [6.07, 6.45) is 1.32. The van der Waals surface area contributed by atoms with E-state index in [-0.39, 0.29) is 36.6 Å². The molecule has 3 rings (SSSR count). The molecule has 0 bridgehead atoms. The van der Waals surface area contributed by atoms with E-state index in [1.54, 1.807) is 26.2 Å². The Bertz CT molecular complexity index is 910. The van der Waals surface area contributed by atoms with E-state index in [0.717, 1.165) is 11.3 Å². The number of hydrogen-bond acceptors (Lipinski definition) is 7. The molecule has 1 aliphatic rings. The summed E-state index contributed by atoms with van der Waals surface area (Å²) in [5.74, 6) is 0.890. The minimum absolute atomic E-state index is 0.0391. The average Bonchev–Trinajstić information content (AvgIpc) is 3.21. The van der Waals surface area contributed by atoms with E-state index in [1.165, 1.54) is 4.31 Å². The molecule has 1 amide bonds. The van der Waals surface area contributed by atoms with Gasteiger partial charge in [0, 0.05) is 18.7 Å². The van der Waals surface area contributed by atoms with Crippen molar-refractivity contribution in [1.82, 2.24) is 19.8 Å². The van der Waals surface area contributed by atoms with Crippen molar-refractivity contribution in [3.63, 3.8) is 0 Å². The molecule has 0 radical (unpaired) electrons. The second kappa shape index (κ2) is 8.70. The summed E-state index contributed by atoms with van der Waals surface area (Å²) in [4.78, 5) is 16.7. The van der Waals surface area contributed by atoms with Crippen molar-refractivity contribution in [2.45, 2.75) is 26.3 Å². The van der Waals surface area contributed by atoms with Crippen LogP contribution in [0.5, 0.6) is 5.75 Å². The standard InChI is InChI=1S/C18H24N4O5S/c1-3-28(24,25)22-10-4-5-14(12-22)18(23)19-11-16-20-17(21-27-16)13-6-8-15(26-2)9-7-13/h6-9,14H,3-5,10-12H2,1-2H3,(H,19,23)/t14-/m0/s1. The maximum Gasteiger partial charge on any atom is 0.246 e. The minimum Gasteiger partial charge on any atom is -0.497 e. The smallest absolute Gasteiger partial charge is 0.246 e. The first kappa shape index (κ1) is 20.3. The lowest BCUT2D eigenvalue weighted by molar-refractivity contribution is -0.126. The Morgan fingerprint density at radius 2 is 2.11 bits per heavy atom. The summed E-state index contributed by atoms with van der Waals surface area (Å²) in [6, 6.07) is 7.23. The summed E-state index contributed by atoms with van der Waals surface area (Å²) >= 11 is 0. The third-order valence-corrected chi connectivity index (χ3v) is 6.59.